The molecule has 1 atom stereocenters. The summed E-state index contributed by atoms with van der Waals surface area (Å²) in [4.78, 5) is 14.9. The van der Waals surface area contributed by atoms with E-state index in [2.05, 4.69) is 17.1 Å². The molecule has 6 nitrogen and oxygen atoms in total. The molecule has 0 amide bonds. The van der Waals surface area contributed by atoms with Crippen LogP contribution in [0.25, 0.3) is 32.0 Å². The van der Waals surface area contributed by atoms with E-state index in [0.717, 1.165) is 43.4 Å². The molecule has 0 aliphatic heterocycles. The molecule has 28 heavy (non-hydrogen) atoms. The van der Waals surface area contributed by atoms with Crippen molar-refractivity contribution < 1.29 is 9.47 Å². The monoisotopic (exact) mass is 394 g/mol. The van der Waals surface area contributed by atoms with Gasteiger partial charge in [-0.3, -0.25) is 4.98 Å². The molecule has 4 rings (SSSR count). The SMILES string of the molecule is CCOC(OC)c1nc(-c2sc(-c3cccnc3)nc2C)cc2ccn(C)c12. The summed E-state index contributed by atoms with van der Waals surface area (Å²) in [6, 6.07) is 8.12. The Hall–Kier alpha value is -2.61. The molecular formula is C21H22N4O2S. The molecule has 0 fully saturated rings. The third-order valence-corrected chi connectivity index (χ3v) is 5.80. The van der Waals surface area contributed by atoms with Gasteiger partial charge in [-0.1, -0.05) is 0 Å². The van der Waals surface area contributed by atoms with E-state index in [0.29, 0.717) is 6.61 Å². The first kappa shape index (κ1) is 18.7. The molecule has 0 saturated heterocycles. The van der Waals surface area contributed by atoms with Gasteiger partial charge in [0.05, 0.1) is 21.8 Å². The van der Waals surface area contributed by atoms with Gasteiger partial charge in [-0.25, -0.2) is 9.97 Å². The van der Waals surface area contributed by atoms with Crippen LogP contribution >= 0.6 is 11.3 Å². The van der Waals surface area contributed by atoms with Crippen molar-refractivity contribution in [3.05, 3.63) is 54.2 Å². The first-order valence-corrected chi connectivity index (χ1v) is 9.92. The Bertz CT molecular complexity index is 1100. The average Bonchev–Trinajstić information content (AvgIpc) is 3.29. The van der Waals surface area contributed by atoms with Gasteiger partial charge in [0.15, 0.2) is 0 Å². The van der Waals surface area contributed by atoms with E-state index in [1.807, 2.05) is 50.0 Å². The van der Waals surface area contributed by atoms with Crippen molar-refractivity contribution in [3.8, 4) is 21.1 Å². The van der Waals surface area contributed by atoms with E-state index in [1.165, 1.54) is 0 Å². The van der Waals surface area contributed by atoms with Crippen molar-refractivity contribution in [1.29, 1.82) is 0 Å². The highest BCUT2D eigenvalue weighted by Crippen LogP contribution is 2.37. The number of hydrogen-bond acceptors (Lipinski definition) is 6. The summed E-state index contributed by atoms with van der Waals surface area (Å²) in [6.45, 7) is 4.51. The summed E-state index contributed by atoms with van der Waals surface area (Å²) in [5.41, 5.74) is 4.62. The molecule has 0 saturated carbocycles. The lowest BCUT2D eigenvalue weighted by Gasteiger charge is -2.17. The minimum absolute atomic E-state index is 0.521. The van der Waals surface area contributed by atoms with Crippen molar-refractivity contribution in [2.75, 3.05) is 13.7 Å². The van der Waals surface area contributed by atoms with Crippen LogP contribution in [0.4, 0.5) is 0 Å². The fourth-order valence-corrected chi connectivity index (χ4v) is 4.31. The molecule has 4 aromatic rings. The van der Waals surface area contributed by atoms with E-state index in [1.54, 1.807) is 24.6 Å². The van der Waals surface area contributed by atoms with E-state index in [9.17, 15) is 0 Å². The Balaban J connectivity index is 1.87. The zero-order chi connectivity index (χ0) is 19.7. The minimum Gasteiger partial charge on any atom is -0.350 e. The molecule has 0 N–H and O–H groups in total. The minimum atomic E-state index is -0.521. The van der Waals surface area contributed by atoms with Crippen LogP contribution in [-0.2, 0) is 16.5 Å². The summed E-state index contributed by atoms with van der Waals surface area (Å²) in [5, 5.41) is 2.03. The zero-order valence-electron chi connectivity index (χ0n) is 16.3. The topological polar surface area (TPSA) is 62.1 Å². The standard InChI is InChI=1S/C21H22N4O2S/c1-5-27-21(26-4)17-18-14(8-10-25(18)3)11-16(24-17)19-13(2)23-20(28-19)15-7-6-9-22-12-15/h6-12,21H,5H2,1-4H3. The number of rotatable bonds is 6. The Labute approximate surface area is 167 Å². The highest BCUT2D eigenvalue weighted by Gasteiger charge is 2.21. The van der Waals surface area contributed by atoms with E-state index < -0.39 is 6.29 Å². The number of hydrogen-bond donors (Lipinski definition) is 0. The molecule has 1 unspecified atom stereocenters. The lowest BCUT2D eigenvalue weighted by Crippen LogP contribution is -2.11. The molecule has 144 valence electrons. The van der Waals surface area contributed by atoms with Gasteiger partial charge in [-0.05, 0) is 38.1 Å². The van der Waals surface area contributed by atoms with E-state index >= 15 is 0 Å². The van der Waals surface area contributed by atoms with Crippen LogP contribution < -0.4 is 0 Å². The number of ether oxygens (including phenoxy) is 2. The normalized spacial score (nSPS) is 12.6. The Morgan fingerprint density at radius 2 is 2.11 bits per heavy atom. The number of methoxy groups -OCH3 is 1. The predicted octanol–water partition coefficient (Wildman–Crippen LogP) is 4.75. The van der Waals surface area contributed by atoms with Crippen molar-refractivity contribution in [3.63, 3.8) is 0 Å². The lowest BCUT2D eigenvalue weighted by molar-refractivity contribution is -0.125. The molecule has 0 aliphatic rings. The molecular weight excluding hydrogens is 372 g/mol. The van der Waals surface area contributed by atoms with Gasteiger partial charge in [0.1, 0.15) is 10.7 Å². The number of aryl methyl sites for hydroxylation is 2. The molecule has 0 bridgehead atoms. The van der Waals surface area contributed by atoms with Gasteiger partial charge in [0, 0.05) is 50.3 Å². The second kappa shape index (κ2) is 7.79. The lowest BCUT2D eigenvalue weighted by atomic mass is 10.1. The third-order valence-electron chi connectivity index (χ3n) is 4.57. The van der Waals surface area contributed by atoms with Gasteiger partial charge in [0.2, 0.25) is 6.29 Å². The summed E-state index contributed by atoms with van der Waals surface area (Å²) >= 11 is 1.62. The maximum atomic E-state index is 5.79. The fraction of sp³-hybridized carbons (Fsp3) is 0.286. The van der Waals surface area contributed by atoms with Gasteiger partial charge in [-0.15, -0.1) is 11.3 Å². The quantitative estimate of drug-likeness (QED) is 0.442. The van der Waals surface area contributed by atoms with Crippen molar-refractivity contribution in [1.82, 2.24) is 19.5 Å². The van der Waals surface area contributed by atoms with Crippen molar-refractivity contribution >= 4 is 22.2 Å². The van der Waals surface area contributed by atoms with Crippen LogP contribution in [0.1, 0.15) is 24.6 Å². The molecule has 0 spiro atoms. The smallest absolute Gasteiger partial charge is 0.202 e. The van der Waals surface area contributed by atoms with Gasteiger partial charge < -0.3 is 14.0 Å². The van der Waals surface area contributed by atoms with Gasteiger partial charge in [-0.2, -0.15) is 0 Å². The summed E-state index contributed by atoms with van der Waals surface area (Å²) in [6.07, 6.45) is 5.10. The van der Waals surface area contributed by atoms with Crippen LogP contribution in [0.3, 0.4) is 0 Å². The first-order valence-electron chi connectivity index (χ1n) is 9.11. The number of pyridine rings is 2. The highest BCUT2D eigenvalue weighted by atomic mass is 32.1. The largest absolute Gasteiger partial charge is 0.350 e. The van der Waals surface area contributed by atoms with Crippen LogP contribution in [0.2, 0.25) is 0 Å². The zero-order valence-corrected chi connectivity index (χ0v) is 17.2. The van der Waals surface area contributed by atoms with E-state index in [-0.39, 0.29) is 0 Å². The summed E-state index contributed by atoms with van der Waals surface area (Å²) in [5.74, 6) is 0. The number of aromatic nitrogens is 4. The third kappa shape index (κ3) is 3.32. The fourth-order valence-electron chi connectivity index (χ4n) is 3.29. The first-order chi connectivity index (χ1) is 13.6. The van der Waals surface area contributed by atoms with Crippen molar-refractivity contribution in [2.45, 2.75) is 20.1 Å². The second-order valence-corrected chi connectivity index (χ2v) is 7.45. The summed E-state index contributed by atoms with van der Waals surface area (Å²) in [7, 11) is 3.65. The molecule has 0 radical (unpaired) electrons. The van der Waals surface area contributed by atoms with Crippen LogP contribution in [0.5, 0.6) is 0 Å². The maximum absolute atomic E-state index is 5.79. The van der Waals surface area contributed by atoms with Crippen LogP contribution in [0, 0.1) is 6.92 Å². The van der Waals surface area contributed by atoms with Crippen molar-refractivity contribution in [2.24, 2.45) is 7.05 Å². The summed E-state index contributed by atoms with van der Waals surface area (Å²) < 4.78 is 13.4. The molecule has 4 aromatic heterocycles. The van der Waals surface area contributed by atoms with Crippen LogP contribution in [0.15, 0.2) is 42.9 Å². The van der Waals surface area contributed by atoms with E-state index in [4.69, 9.17) is 19.4 Å². The predicted molar refractivity (Wildman–Crippen MR) is 111 cm³/mol. The molecule has 0 aromatic carbocycles. The number of thiazole rings is 1. The van der Waals surface area contributed by atoms with Gasteiger partial charge in [0.25, 0.3) is 0 Å². The number of fused-ring (bicyclic) bond motifs is 1. The van der Waals surface area contributed by atoms with Crippen LogP contribution in [-0.4, -0.2) is 33.2 Å². The Morgan fingerprint density at radius 1 is 1.25 bits per heavy atom. The molecule has 0 aliphatic carbocycles. The van der Waals surface area contributed by atoms with Gasteiger partial charge >= 0.3 is 0 Å². The average molecular weight is 395 g/mol. The second-order valence-electron chi connectivity index (χ2n) is 6.46. The number of nitrogens with zero attached hydrogens (tertiary/aromatic N) is 4. The highest BCUT2D eigenvalue weighted by molar-refractivity contribution is 7.18. The Kier molecular flexibility index (Phi) is 5.21. The Morgan fingerprint density at radius 3 is 2.82 bits per heavy atom. The molecule has 4 heterocycles. The molecule has 7 heteroatoms. The maximum Gasteiger partial charge on any atom is 0.202 e.